The molecule has 2 aromatic heterocycles. The lowest BCUT2D eigenvalue weighted by molar-refractivity contribution is 0.0524. The molecular weight excluding hydrogens is 398 g/mol. The zero-order chi connectivity index (χ0) is 22.2. The van der Waals surface area contributed by atoms with Crippen molar-refractivity contribution in [2.24, 2.45) is 0 Å². The number of pyridine rings is 1. The van der Waals surface area contributed by atoms with Gasteiger partial charge in [-0.2, -0.15) is 0 Å². The minimum absolute atomic E-state index is 0.288. The molecule has 0 aliphatic carbocycles. The third-order valence-electron chi connectivity index (χ3n) is 4.40. The molecule has 0 spiro atoms. The van der Waals surface area contributed by atoms with E-state index in [0.717, 1.165) is 11.3 Å². The van der Waals surface area contributed by atoms with E-state index in [-0.39, 0.29) is 6.61 Å². The Hall–Kier alpha value is -3.68. The van der Waals surface area contributed by atoms with E-state index < -0.39 is 5.97 Å². The first-order valence-electron chi connectivity index (χ1n) is 9.95. The summed E-state index contributed by atoms with van der Waals surface area (Å²) in [5, 5.41) is 0. The van der Waals surface area contributed by atoms with Crippen LogP contribution in [-0.2, 0) is 11.3 Å². The minimum atomic E-state index is -0.447. The summed E-state index contributed by atoms with van der Waals surface area (Å²) in [5.74, 6) is 1.71. The van der Waals surface area contributed by atoms with Crippen molar-refractivity contribution in [3.8, 4) is 28.8 Å². The van der Waals surface area contributed by atoms with Crippen LogP contribution in [0.5, 0.6) is 17.4 Å². The molecule has 0 saturated heterocycles. The number of nitrogens with zero attached hydrogens (tertiary/aromatic N) is 3. The van der Waals surface area contributed by atoms with Crippen molar-refractivity contribution in [2.75, 3.05) is 20.3 Å². The number of methoxy groups -OCH3 is 1. The molecule has 162 valence electrons. The van der Waals surface area contributed by atoms with E-state index in [1.54, 1.807) is 33.2 Å². The van der Waals surface area contributed by atoms with Crippen molar-refractivity contribution in [3.05, 3.63) is 59.5 Å². The van der Waals surface area contributed by atoms with Gasteiger partial charge in [0.05, 0.1) is 37.1 Å². The fourth-order valence-electron chi connectivity index (χ4n) is 2.83. The van der Waals surface area contributed by atoms with Gasteiger partial charge in [-0.05, 0) is 38.5 Å². The van der Waals surface area contributed by atoms with Gasteiger partial charge in [0.1, 0.15) is 18.1 Å². The standard InChI is InChI=1S/C23H25N3O5/c1-5-29-20-11-21(31-14-16-7-9-17(28-4)10-8-16)24-13-19(20)22-25-12-18(15(3)26-22)23(27)30-6-2/h7-13H,5-6,14H2,1-4H3. The highest BCUT2D eigenvalue weighted by molar-refractivity contribution is 5.90. The first kappa shape index (κ1) is 22.0. The van der Waals surface area contributed by atoms with Crippen molar-refractivity contribution >= 4 is 5.97 Å². The van der Waals surface area contributed by atoms with Gasteiger partial charge in [0.25, 0.3) is 0 Å². The molecule has 8 nitrogen and oxygen atoms in total. The number of aryl methyl sites for hydroxylation is 1. The molecule has 0 aliphatic rings. The monoisotopic (exact) mass is 423 g/mol. The number of ether oxygens (including phenoxy) is 4. The smallest absolute Gasteiger partial charge is 0.341 e. The number of hydrogen-bond donors (Lipinski definition) is 0. The van der Waals surface area contributed by atoms with Gasteiger partial charge in [-0.25, -0.2) is 19.7 Å². The van der Waals surface area contributed by atoms with Gasteiger partial charge in [0.15, 0.2) is 5.82 Å². The van der Waals surface area contributed by atoms with Gasteiger partial charge >= 0.3 is 5.97 Å². The highest BCUT2D eigenvalue weighted by Gasteiger charge is 2.17. The summed E-state index contributed by atoms with van der Waals surface area (Å²) < 4.78 is 21.8. The average molecular weight is 423 g/mol. The fourth-order valence-corrected chi connectivity index (χ4v) is 2.83. The highest BCUT2D eigenvalue weighted by Crippen LogP contribution is 2.30. The van der Waals surface area contributed by atoms with Crippen LogP contribution in [0.15, 0.2) is 42.7 Å². The van der Waals surface area contributed by atoms with Crippen LogP contribution >= 0.6 is 0 Å². The first-order chi connectivity index (χ1) is 15.0. The molecule has 8 heteroatoms. The van der Waals surface area contributed by atoms with E-state index in [1.807, 2.05) is 31.2 Å². The van der Waals surface area contributed by atoms with Crippen molar-refractivity contribution in [1.29, 1.82) is 0 Å². The summed E-state index contributed by atoms with van der Waals surface area (Å²) >= 11 is 0. The summed E-state index contributed by atoms with van der Waals surface area (Å²) in [6.45, 7) is 6.47. The normalized spacial score (nSPS) is 10.5. The van der Waals surface area contributed by atoms with Crippen molar-refractivity contribution < 1.29 is 23.7 Å². The van der Waals surface area contributed by atoms with Crippen LogP contribution < -0.4 is 14.2 Å². The van der Waals surface area contributed by atoms with Crippen LogP contribution in [0.3, 0.4) is 0 Å². The van der Waals surface area contributed by atoms with Crippen LogP contribution in [0.2, 0.25) is 0 Å². The molecule has 1 aromatic carbocycles. The topological polar surface area (TPSA) is 92.7 Å². The molecule has 0 aliphatic heterocycles. The first-order valence-corrected chi connectivity index (χ1v) is 9.95. The van der Waals surface area contributed by atoms with Crippen LogP contribution in [0.4, 0.5) is 0 Å². The van der Waals surface area contributed by atoms with E-state index in [4.69, 9.17) is 18.9 Å². The Morgan fingerprint density at radius 3 is 2.42 bits per heavy atom. The molecule has 0 fully saturated rings. The van der Waals surface area contributed by atoms with Gasteiger partial charge in [-0.15, -0.1) is 0 Å². The van der Waals surface area contributed by atoms with Crippen LogP contribution in [-0.4, -0.2) is 41.2 Å². The second-order valence-corrected chi connectivity index (χ2v) is 6.50. The zero-order valence-electron chi connectivity index (χ0n) is 18.0. The maximum atomic E-state index is 12.0. The van der Waals surface area contributed by atoms with Gasteiger partial charge in [-0.1, -0.05) is 12.1 Å². The average Bonchev–Trinajstić information content (AvgIpc) is 2.78. The molecule has 0 amide bonds. The van der Waals surface area contributed by atoms with Crippen LogP contribution in [0.1, 0.15) is 35.5 Å². The Kier molecular flexibility index (Phi) is 7.37. The second-order valence-electron chi connectivity index (χ2n) is 6.50. The molecular formula is C23H25N3O5. The summed E-state index contributed by atoms with van der Waals surface area (Å²) in [6, 6.07) is 9.32. The lowest BCUT2D eigenvalue weighted by Crippen LogP contribution is -2.09. The number of hydrogen-bond acceptors (Lipinski definition) is 8. The number of rotatable bonds is 9. The lowest BCUT2D eigenvalue weighted by atomic mass is 10.2. The zero-order valence-corrected chi connectivity index (χ0v) is 18.0. The predicted molar refractivity (Wildman–Crippen MR) is 114 cm³/mol. The van der Waals surface area contributed by atoms with Crippen molar-refractivity contribution in [2.45, 2.75) is 27.4 Å². The summed E-state index contributed by atoms with van der Waals surface area (Å²) in [6.07, 6.45) is 3.06. The number of aromatic nitrogens is 3. The molecule has 3 rings (SSSR count). The minimum Gasteiger partial charge on any atom is -0.497 e. The molecule has 0 bridgehead atoms. The Labute approximate surface area is 181 Å². The number of carbonyl (C=O) groups excluding carboxylic acids is 1. The fraction of sp³-hybridized carbons (Fsp3) is 0.304. The lowest BCUT2D eigenvalue weighted by Gasteiger charge is -2.13. The predicted octanol–water partition coefficient (Wildman–Crippen LogP) is 4.01. The van der Waals surface area contributed by atoms with Gasteiger partial charge in [-0.3, -0.25) is 0 Å². The molecule has 0 saturated carbocycles. The van der Waals surface area contributed by atoms with E-state index in [9.17, 15) is 4.79 Å². The summed E-state index contributed by atoms with van der Waals surface area (Å²) in [7, 11) is 1.63. The Bertz CT molecular complexity index is 1040. The quantitative estimate of drug-likeness (QED) is 0.477. The molecule has 0 atom stereocenters. The van der Waals surface area contributed by atoms with Crippen LogP contribution in [0.25, 0.3) is 11.4 Å². The SMILES string of the molecule is CCOC(=O)c1cnc(-c2cnc(OCc3ccc(OC)cc3)cc2OCC)nc1C. The molecule has 0 N–H and O–H groups in total. The highest BCUT2D eigenvalue weighted by atomic mass is 16.5. The molecule has 0 unspecified atom stereocenters. The Morgan fingerprint density at radius 1 is 1.00 bits per heavy atom. The number of carbonyl (C=O) groups is 1. The van der Waals surface area contributed by atoms with E-state index >= 15 is 0 Å². The van der Waals surface area contributed by atoms with E-state index in [2.05, 4.69) is 15.0 Å². The maximum Gasteiger partial charge on any atom is 0.341 e. The van der Waals surface area contributed by atoms with Crippen LogP contribution in [0, 0.1) is 6.92 Å². The summed E-state index contributed by atoms with van der Waals surface area (Å²) in [5.41, 5.74) is 2.44. The van der Waals surface area contributed by atoms with Gasteiger partial charge < -0.3 is 18.9 Å². The van der Waals surface area contributed by atoms with Crippen molar-refractivity contribution in [3.63, 3.8) is 0 Å². The molecule has 3 aromatic rings. The molecule has 2 heterocycles. The van der Waals surface area contributed by atoms with E-state index in [1.165, 1.54) is 6.20 Å². The van der Waals surface area contributed by atoms with Gasteiger partial charge in [0, 0.05) is 18.5 Å². The Balaban J connectivity index is 1.81. The molecule has 31 heavy (non-hydrogen) atoms. The molecule has 0 radical (unpaired) electrons. The van der Waals surface area contributed by atoms with Gasteiger partial charge in [0.2, 0.25) is 5.88 Å². The second kappa shape index (κ2) is 10.4. The third-order valence-corrected chi connectivity index (χ3v) is 4.40. The maximum absolute atomic E-state index is 12.0. The number of esters is 1. The van der Waals surface area contributed by atoms with E-state index in [0.29, 0.717) is 47.5 Å². The Morgan fingerprint density at radius 2 is 1.77 bits per heavy atom. The summed E-state index contributed by atoms with van der Waals surface area (Å²) in [4.78, 5) is 25.1. The third kappa shape index (κ3) is 5.48. The van der Waals surface area contributed by atoms with Crippen molar-refractivity contribution in [1.82, 2.24) is 15.0 Å². The number of benzene rings is 1. The largest absolute Gasteiger partial charge is 0.497 e.